The van der Waals surface area contributed by atoms with Crippen molar-refractivity contribution in [3.05, 3.63) is 22.8 Å². The van der Waals surface area contributed by atoms with Crippen LogP contribution in [0.25, 0.3) is 0 Å². The molecule has 0 aromatic carbocycles. The molecular weight excluding hydrogens is 239 g/mol. The van der Waals surface area contributed by atoms with Gasteiger partial charge in [0.2, 0.25) is 5.88 Å². The molecule has 0 bridgehead atoms. The van der Waals surface area contributed by atoms with Crippen molar-refractivity contribution in [2.75, 3.05) is 0 Å². The van der Waals surface area contributed by atoms with Gasteiger partial charge in [-0.1, -0.05) is 11.6 Å². The number of rotatable bonds is 2. The molecule has 1 rings (SSSR count). The molecular formula is C7H3ClF3NO3. The van der Waals surface area contributed by atoms with Crippen molar-refractivity contribution in [3.63, 3.8) is 0 Å². The summed E-state index contributed by atoms with van der Waals surface area (Å²) in [4.78, 5) is 13.6. The molecule has 0 amide bonds. The highest BCUT2D eigenvalue weighted by molar-refractivity contribution is 6.29. The molecule has 0 radical (unpaired) electrons. The van der Waals surface area contributed by atoms with Gasteiger partial charge in [-0.2, -0.15) is 0 Å². The lowest BCUT2D eigenvalue weighted by Crippen LogP contribution is -2.18. The van der Waals surface area contributed by atoms with Crippen LogP contribution in [0.1, 0.15) is 10.4 Å². The summed E-state index contributed by atoms with van der Waals surface area (Å²) in [5.74, 6) is -2.33. The van der Waals surface area contributed by atoms with Crippen LogP contribution >= 0.6 is 11.6 Å². The summed E-state index contributed by atoms with van der Waals surface area (Å²) < 4.78 is 38.7. The molecule has 0 spiro atoms. The molecule has 0 saturated heterocycles. The van der Waals surface area contributed by atoms with E-state index >= 15 is 0 Å². The van der Waals surface area contributed by atoms with Gasteiger partial charge in [0.25, 0.3) is 0 Å². The number of halogens is 4. The minimum Gasteiger partial charge on any atom is -0.478 e. The Morgan fingerprint density at radius 3 is 2.53 bits per heavy atom. The second-order valence-electron chi connectivity index (χ2n) is 2.37. The van der Waals surface area contributed by atoms with Crippen LogP contribution in [0.4, 0.5) is 13.2 Å². The van der Waals surface area contributed by atoms with E-state index in [4.69, 9.17) is 16.7 Å². The molecule has 82 valence electrons. The smallest absolute Gasteiger partial charge is 0.478 e. The minimum atomic E-state index is -4.94. The largest absolute Gasteiger partial charge is 0.574 e. The first kappa shape index (κ1) is 11.6. The molecule has 0 atom stereocenters. The van der Waals surface area contributed by atoms with Gasteiger partial charge in [-0.15, -0.1) is 13.2 Å². The molecule has 1 aromatic rings. The lowest BCUT2D eigenvalue weighted by atomic mass is 10.3. The number of carboxylic acids is 1. The number of hydrogen-bond acceptors (Lipinski definition) is 3. The van der Waals surface area contributed by atoms with Gasteiger partial charge in [0.15, 0.2) is 0 Å². The van der Waals surface area contributed by atoms with Gasteiger partial charge in [-0.25, -0.2) is 9.78 Å². The van der Waals surface area contributed by atoms with E-state index in [2.05, 4.69) is 9.72 Å². The predicted molar refractivity (Wildman–Crippen MR) is 42.9 cm³/mol. The molecule has 15 heavy (non-hydrogen) atoms. The summed E-state index contributed by atoms with van der Waals surface area (Å²) in [5.41, 5.74) is -0.436. The predicted octanol–water partition coefficient (Wildman–Crippen LogP) is 2.33. The molecule has 0 saturated carbocycles. The van der Waals surface area contributed by atoms with Crippen molar-refractivity contribution in [3.8, 4) is 5.88 Å². The van der Waals surface area contributed by atoms with Crippen molar-refractivity contribution < 1.29 is 27.8 Å². The van der Waals surface area contributed by atoms with E-state index in [9.17, 15) is 18.0 Å². The maximum absolute atomic E-state index is 11.8. The third kappa shape index (κ3) is 3.62. The molecule has 1 heterocycles. The standard InChI is InChI=1S/C7H3ClF3NO3/c8-4-1-3(6(13)14)2-5(12-4)15-7(9,10)11/h1-2H,(H,13,14). The van der Waals surface area contributed by atoms with Gasteiger partial charge in [0, 0.05) is 6.07 Å². The van der Waals surface area contributed by atoms with Crippen molar-refractivity contribution >= 4 is 17.6 Å². The van der Waals surface area contributed by atoms with E-state index < -0.39 is 28.9 Å². The average Bonchev–Trinajstić information content (AvgIpc) is 1.99. The molecule has 0 unspecified atom stereocenters. The lowest BCUT2D eigenvalue weighted by molar-refractivity contribution is -0.276. The van der Waals surface area contributed by atoms with E-state index in [1.807, 2.05) is 0 Å². The van der Waals surface area contributed by atoms with Crippen molar-refractivity contribution in [1.29, 1.82) is 0 Å². The maximum Gasteiger partial charge on any atom is 0.574 e. The van der Waals surface area contributed by atoms with Crippen LogP contribution in [0, 0.1) is 0 Å². The maximum atomic E-state index is 11.8. The topological polar surface area (TPSA) is 59.4 Å². The van der Waals surface area contributed by atoms with E-state index in [1.54, 1.807) is 0 Å². The number of nitrogens with zero attached hydrogens (tertiary/aromatic N) is 1. The van der Waals surface area contributed by atoms with Crippen LogP contribution in [-0.4, -0.2) is 22.4 Å². The number of carbonyl (C=O) groups is 1. The third-order valence-electron chi connectivity index (χ3n) is 1.24. The van der Waals surface area contributed by atoms with Gasteiger partial charge in [-0.3, -0.25) is 0 Å². The molecule has 0 aliphatic carbocycles. The van der Waals surface area contributed by atoms with Crippen LogP contribution in [0.5, 0.6) is 5.88 Å². The van der Waals surface area contributed by atoms with Gasteiger partial charge in [0.1, 0.15) is 5.15 Å². The summed E-state index contributed by atoms with van der Waals surface area (Å²) in [6.45, 7) is 0. The average molecular weight is 242 g/mol. The molecule has 1 N–H and O–H groups in total. The number of hydrogen-bond donors (Lipinski definition) is 1. The number of aromatic nitrogens is 1. The zero-order chi connectivity index (χ0) is 11.6. The van der Waals surface area contributed by atoms with Crippen LogP contribution in [-0.2, 0) is 0 Å². The summed E-state index contributed by atoms with van der Waals surface area (Å²) in [5, 5.41) is 8.11. The zero-order valence-electron chi connectivity index (χ0n) is 6.88. The van der Waals surface area contributed by atoms with Crippen LogP contribution in [0.2, 0.25) is 5.15 Å². The molecule has 1 aromatic heterocycles. The lowest BCUT2D eigenvalue weighted by Gasteiger charge is -2.08. The summed E-state index contributed by atoms with van der Waals surface area (Å²) in [6, 6.07) is 1.54. The van der Waals surface area contributed by atoms with E-state index in [0.29, 0.717) is 6.07 Å². The quantitative estimate of drug-likeness (QED) is 0.808. The first-order valence-electron chi connectivity index (χ1n) is 3.44. The van der Waals surface area contributed by atoms with Crippen LogP contribution in [0.3, 0.4) is 0 Å². The van der Waals surface area contributed by atoms with Crippen molar-refractivity contribution in [2.45, 2.75) is 6.36 Å². The molecule has 0 aliphatic rings. The number of aromatic carboxylic acids is 1. The molecule has 8 heteroatoms. The van der Waals surface area contributed by atoms with Gasteiger partial charge < -0.3 is 9.84 Å². The second kappa shape index (κ2) is 3.93. The first-order valence-corrected chi connectivity index (χ1v) is 3.82. The fraction of sp³-hybridized carbons (Fsp3) is 0.143. The zero-order valence-corrected chi connectivity index (χ0v) is 7.63. The monoisotopic (exact) mass is 241 g/mol. The SMILES string of the molecule is O=C(O)c1cc(Cl)nc(OC(F)(F)F)c1. The Hall–Kier alpha value is -1.50. The van der Waals surface area contributed by atoms with Crippen LogP contribution < -0.4 is 4.74 Å². The highest BCUT2D eigenvalue weighted by atomic mass is 35.5. The fourth-order valence-corrected chi connectivity index (χ4v) is 0.968. The Labute approximate surface area is 86.3 Å². The van der Waals surface area contributed by atoms with Gasteiger partial charge in [0.05, 0.1) is 5.56 Å². The van der Waals surface area contributed by atoms with Crippen molar-refractivity contribution in [2.24, 2.45) is 0 Å². The molecule has 0 aliphatic heterocycles. The Kier molecular flexibility index (Phi) is 3.04. The van der Waals surface area contributed by atoms with Gasteiger partial charge in [-0.05, 0) is 6.07 Å². The number of ether oxygens (including phenoxy) is 1. The summed E-state index contributed by atoms with van der Waals surface area (Å²) in [6.07, 6.45) is -4.94. The molecule has 4 nitrogen and oxygen atoms in total. The van der Waals surface area contributed by atoms with Crippen molar-refractivity contribution in [1.82, 2.24) is 4.98 Å². The third-order valence-corrected chi connectivity index (χ3v) is 1.43. The Morgan fingerprint density at radius 1 is 1.47 bits per heavy atom. The number of pyridine rings is 1. The van der Waals surface area contributed by atoms with E-state index in [-0.39, 0.29) is 0 Å². The Bertz CT molecular complexity index is 394. The second-order valence-corrected chi connectivity index (χ2v) is 2.76. The first-order chi connectivity index (χ1) is 6.78. The van der Waals surface area contributed by atoms with E-state index in [0.717, 1.165) is 6.07 Å². The summed E-state index contributed by atoms with van der Waals surface area (Å²) in [7, 11) is 0. The normalized spacial score (nSPS) is 11.2. The van der Waals surface area contributed by atoms with Gasteiger partial charge >= 0.3 is 12.3 Å². The highest BCUT2D eigenvalue weighted by Crippen LogP contribution is 2.23. The molecule has 0 fully saturated rings. The van der Waals surface area contributed by atoms with E-state index in [1.165, 1.54) is 0 Å². The Balaban J connectivity index is 3.04. The highest BCUT2D eigenvalue weighted by Gasteiger charge is 2.32. The van der Waals surface area contributed by atoms with Crippen LogP contribution in [0.15, 0.2) is 12.1 Å². The minimum absolute atomic E-state index is 0.394. The Morgan fingerprint density at radius 2 is 2.07 bits per heavy atom. The number of carboxylic acid groups (broad SMARTS) is 1. The number of alkyl halides is 3. The summed E-state index contributed by atoms with van der Waals surface area (Å²) >= 11 is 5.30. The fourth-order valence-electron chi connectivity index (χ4n) is 0.767.